The second kappa shape index (κ2) is 7.15. The summed E-state index contributed by atoms with van der Waals surface area (Å²) < 4.78 is 10.6. The average molecular weight is 366 g/mol. The van der Waals surface area contributed by atoms with Crippen LogP contribution in [0.4, 0.5) is 5.69 Å². The Kier molecular flexibility index (Phi) is 4.90. The Bertz CT molecular complexity index is 901. The molecule has 2 aromatic rings. The topological polar surface area (TPSA) is 67.9 Å². The van der Waals surface area contributed by atoms with Crippen LogP contribution in [0.1, 0.15) is 28.4 Å². The molecule has 0 spiro atoms. The Labute approximate surface area is 158 Å². The molecule has 1 atom stereocenters. The van der Waals surface area contributed by atoms with Gasteiger partial charge in [-0.3, -0.25) is 14.5 Å². The lowest BCUT2D eigenvalue weighted by molar-refractivity contribution is -0.119. The van der Waals surface area contributed by atoms with Crippen molar-refractivity contribution in [1.29, 1.82) is 0 Å². The Hall–Kier alpha value is -3.28. The highest BCUT2D eigenvalue weighted by Gasteiger charge is 2.36. The number of fused-ring (bicyclic) bond motifs is 1. The Morgan fingerprint density at radius 3 is 2.30 bits per heavy atom. The molecule has 0 unspecified atom stereocenters. The van der Waals surface area contributed by atoms with Crippen LogP contribution < -0.4 is 14.8 Å². The van der Waals surface area contributed by atoms with Crippen LogP contribution in [-0.4, -0.2) is 37.0 Å². The van der Waals surface area contributed by atoms with Crippen LogP contribution in [0.15, 0.2) is 43.0 Å². The molecule has 6 nitrogen and oxygen atoms in total. The van der Waals surface area contributed by atoms with Gasteiger partial charge < -0.3 is 14.8 Å². The third kappa shape index (κ3) is 3.14. The highest BCUT2D eigenvalue weighted by molar-refractivity contribution is 6.12. The maximum Gasteiger partial charge on any atom is 0.259 e. The summed E-state index contributed by atoms with van der Waals surface area (Å²) in [6.45, 7) is 7.53. The predicted octanol–water partition coefficient (Wildman–Crippen LogP) is 3.47. The molecule has 2 amide bonds. The molecule has 0 bridgehead atoms. The smallest absolute Gasteiger partial charge is 0.259 e. The number of methoxy groups -OCH3 is 2. The van der Waals surface area contributed by atoms with Crippen LogP contribution >= 0.6 is 0 Å². The summed E-state index contributed by atoms with van der Waals surface area (Å²) in [6, 6.07) is 9.99. The fourth-order valence-corrected chi connectivity index (χ4v) is 3.18. The maximum atomic E-state index is 12.8. The lowest BCUT2D eigenvalue weighted by Gasteiger charge is -2.25. The second-order valence-electron chi connectivity index (χ2n) is 6.35. The van der Waals surface area contributed by atoms with Gasteiger partial charge in [-0.2, -0.15) is 0 Å². The molecular formula is C21H22N2O4. The summed E-state index contributed by atoms with van der Waals surface area (Å²) >= 11 is 0. The summed E-state index contributed by atoms with van der Waals surface area (Å²) in [6.07, 6.45) is 0. The van der Waals surface area contributed by atoms with Crippen molar-refractivity contribution in [2.45, 2.75) is 19.9 Å². The summed E-state index contributed by atoms with van der Waals surface area (Å²) in [5.74, 6) is 0.564. The fraction of sp³-hybridized carbons (Fsp3) is 0.238. The minimum absolute atomic E-state index is 0.220. The minimum Gasteiger partial charge on any atom is -0.493 e. The molecule has 140 valence electrons. The number of ether oxygens (including phenoxy) is 2. The number of aryl methyl sites for hydroxylation is 1. The van der Waals surface area contributed by atoms with E-state index in [4.69, 9.17) is 9.47 Å². The minimum atomic E-state index is -0.718. The fourth-order valence-electron chi connectivity index (χ4n) is 3.18. The molecule has 0 fully saturated rings. The van der Waals surface area contributed by atoms with Crippen molar-refractivity contribution in [2.75, 3.05) is 19.5 Å². The second-order valence-corrected chi connectivity index (χ2v) is 6.35. The number of carbonyl (C=O) groups is 2. The van der Waals surface area contributed by atoms with E-state index in [2.05, 4.69) is 11.9 Å². The van der Waals surface area contributed by atoms with Crippen molar-refractivity contribution >= 4 is 23.2 Å². The van der Waals surface area contributed by atoms with E-state index in [1.807, 2.05) is 19.1 Å². The van der Waals surface area contributed by atoms with Gasteiger partial charge in [0, 0.05) is 28.6 Å². The molecule has 1 N–H and O–H groups in total. The van der Waals surface area contributed by atoms with Crippen molar-refractivity contribution < 1.29 is 19.1 Å². The van der Waals surface area contributed by atoms with Crippen molar-refractivity contribution in [1.82, 2.24) is 4.90 Å². The molecule has 1 heterocycles. The number of anilines is 1. The molecule has 2 aromatic carbocycles. The zero-order chi connectivity index (χ0) is 19.7. The average Bonchev–Trinajstić information content (AvgIpc) is 2.93. The number of amides is 2. The summed E-state index contributed by atoms with van der Waals surface area (Å²) in [5.41, 5.74) is 3.26. The van der Waals surface area contributed by atoms with Gasteiger partial charge in [0.05, 0.1) is 14.2 Å². The SMILES string of the molecule is C=C1c2ccccc2C(=O)N1[C@H](C)C(=O)Nc1cc(OC)c(OC)cc1C. The molecule has 0 saturated heterocycles. The number of hydrogen-bond donors (Lipinski definition) is 1. The van der Waals surface area contributed by atoms with Crippen LogP contribution in [0.2, 0.25) is 0 Å². The molecule has 6 heteroatoms. The van der Waals surface area contributed by atoms with E-state index in [0.29, 0.717) is 28.4 Å². The highest BCUT2D eigenvalue weighted by Crippen LogP contribution is 2.35. The highest BCUT2D eigenvalue weighted by atomic mass is 16.5. The van der Waals surface area contributed by atoms with E-state index in [9.17, 15) is 9.59 Å². The molecule has 3 rings (SSSR count). The number of rotatable bonds is 5. The van der Waals surface area contributed by atoms with Gasteiger partial charge in [-0.15, -0.1) is 0 Å². The van der Waals surface area contributed by atoms with Gasteiger partial charge in [-0.05, 0) is 31.5 Å². The lowest BCUT2D eigenvalue weighted by atomic mass is 10.1. The number of nitrogens with one attached hydrogen (secondary N) is 1. The number of carbonyl (C=O) groups excluding carboxylic acids is 2. The molecule has 27 heavy (non-hydrogen) atoms. The van der Waals surface area contributed by atoms with E-state index in [1.165, 1.54) is 12.0 Å². The summed E-state index contributed by atoms with van der Waals surface area (Å²) in [4.78, 5) is 27.0. The van der Waals surface area contributed by atoms with Crippen molar-refractivity contribution in [2.24, 2.45) is 0 Å². The van der Waals surface area contributed by atoms with E-state index in [0.717, 1.165) is 11.1 Å². The van der Waals surface area contributed by atoms with Crippen molar-refractivity contribution in [3.05, 3.63) is 59.7 Å². The van der Waals surface area contributed by atoms with Gasteiger partial charge >= 0.3 is 0 Å². The van der Waals surface area contributed by atoms with E-state index in [-0.39, 0.29) is 11.8 Å². The van der Waals surface area contributed by atoms with Gasteiger partial charge in [-0.25, -0.2) is 0 Å². The summed E-state index contributed by atoms with van der Waals surface area (Å²) in [7, 11) is 3.09. The Balaban J connectivity index is 1.84. The van der Waals surface area contributed by atoms with Crippen molar-refractivity contribution in [3.63, 3.8) is 0 Å². The van der Waals surface area contributed by atoms with Gasteiger partial charge in [0.25, 0.3) is 5.91 Å². The molecule has 0 aromatic heterocycles. The summed E-state index contributed by atoms with van der Waals surface area (Å²) in [5, 5.41) is 2.87. The Morgan fingerprint density at radius 2 is 1.70 bits per heavy atom. The van der Waals surface area contributed by atoms with Gasteiger partial charge in [0.1, 0.15) is 6.04 Å². The maximum absolute atomic E-state index is 12.8. The molecule has 1 aliphatic rings. The van der Waals surface area contributed by atoms with E-state index in [1.54, 1.807) is 38.3 Å². The monoisotopic (exact) mass is 366 g/mol. The first-order chi connectivity index (χ1) is 12.9. The molecule has 1 aliphatic heterocycles. The van der Waals surface area contributed by atoms with E-state index >= 15 is 0 Å². The molecular weight excluding hydrogens is 344 g/mol. The first-order valence-corrected chi connectivity index (χ1v) is 8.54. The van der Waals surface area contributed by atoms with E-state index < -0.39 is 6.04 Å². The predicted molar refractivity (Wildman–Crippen MR) is 104 cm³/mol. The molecule has 0 saturated carbocycles. The quantitative estimate of drug-likeness (QED) is 0.880. The third-order valence-corrected chi connectivity index (χ3v) is 4.73. The van der Waals surface area contributed by atoms with Crippen LogP contribution in [0.25, 0.3) is 5.70 Å². The first kappa shape index (κ1) is 18.5. The standard InChI is InChI=1S/C21H22N2O4/c1-12-10-18(26-4)19(27-5)11-17(12)22-20(24)14(3)23-13(2)15-8-6-7-9-16(15)21(23)25/h6-11,14H,2H2,1,3-5H3,(H,22,24)/t14-/m1/s1. The van der Waals surface area contributed by atoms with Crippen LogP contribution in [0, 0.1) is 6.92 Å². The van der Waals surface area contributed by atoms with Crippen LogP contribution in [-0.2, 0) is 4.79 Å². The number of benzene rings is 2. The first-order valence-electron chi connectivity index (χ1n) is 8.54. The van der Waals surface area contributed by atoms with Gasteiger partial charge in [-0.1, -0.05) is 24.8 Å². The lowest BCUT2D eigenvalue weighted by Crippen LogP contribution is -2.41. The van der Waals surface area contributed by atoms with Gasteiger partial charge in [0.15, 0.2) is 11.5 Å². The molecule has 0 radical (unpaired) electrons. The Morgan fingerprint density at radius 1 is 1.11 bits per heavy atom. The number of nitrogens with zero attached hydrogens (tertiary/aromatic N) is 1. The largest absolute Gasteiger partial charge is 0.493 e. The molecule has 0 aliphatic carbocycles. The van der Waals surface area contributed by atoms with Gasteiger partial charge in [0.2, 0.25) is 5.91 Å². The normalized spacial score (nSPS) is 14.0. The van der Waals surface area contributed by atoms with Crippen molar-refractivity contribution in [3.8, 4) is 11.5 Å². The number of hydrogen-bond acceptors (Lipinski definition) is 4. The third-order valence-electron chi connectivity index (χ3n) is 4.73. The van der Waals surface area contributed by atoms with Crippen LogP contribution in [0.3, 0.4) is 0 Å². The zero-order valence-electron chi connectivity index (χ0n) is 15.8. The zero-order valence-corrected chi connectivity index (χ0v) is 15.8. The van der Waals surface area contributed by atoms with Crippen LogP contribution in [0.5, 0.6) is 11.5 Å².